The van der Waals surface area contributed by atoms with Crippen molar-refractivity contribution in [3.63, 3.8) is 0 Å². The van der Waals surface area contributed by atoms with Crippen LogP contribution in [-0.4, -0.2) is 57.0 Å². The fourth-order valence-corrected chi connectivity index (χ4v) is 6.15. The van der Waals surface area contributed by atoms with Crippen LogP contribution in [0.25, 0.3) is 0 Å². The van der Waals surface area contributed by atoms with E-state index in [1.807, 2.05) is 42.5 Å². The highest BCUT2D eigenvalue weighted by molar-refractivity contribution is 7.89. The highest BCUT2D eigenvalue weighted by Crippen LogP contribution is 2.20. The smallest absolute Gasteiger partial charge is 0.243 e. The first-order valence-corrected chi connectivity index (χ1v) is 16.2. The first-order chi connectivity index (χ1) is 20.2. The summed E-state index contributed by atoms with van der Waals surface area (Å²) in [7, 11) is -3.56. The fourth-order valence-electron chi connectivity index (χ4n) is 4.98. The lowest BCUT2D eigenvalue weighted by molar-refractivity contribution is -0.141. The zero-order valence-corrected chi connectivity index (χ0v) is 25.4. The summed E-state index contributed by atoms with van der Waals surface area (Å²) >= 11 is 6.11. The number of hydrogen-bond acceptors (Lipinski definition) is 5. The molecule has 8 nitrogen and oxygen atoms in total. The summed E-state index contributed by atoms with van der Waals surface area (Å²) in [5.74, 6) is -0.405. The molecule has 4 rings (SSSR count). The van der Waals surface area contributed by atoms with Gasteiger partial charge in [0, 0.05) is 44.1 Å². The molecule has 3 aromatic rings. The average Bonchev–Trinajstić information content (AvgIpc) is 3.52. The summed E-state index contributed by atoms with van der Waals surface area (Å²) in [6, 6.07) is 22.7. The number of aryl methyl sites for hydroxylation is 1. The quantitative estimate of drug-likeness (QED) is 0.279. The molecule has 0 aliphatic carbocycles. The lowest BCUT2D eigenvalue weighted by Crippen LogP contribution is -2.51. The van der Waals surface area contributed by atoms with Crippen LogP contribution in [0.3, 0.4) is 0 Å². The van der Waals surface area contributed by atoms with Crippen LogP contribution in [0.5, 0.6) is 0 Å². The fraction of sp³-hybridized carbons (Fsp3) is 0.375. The van der Waals surface area contributed by atoms with Crippen molar-refractivity contribution >= 4 is 33.4 Å². The molecule has 3 aromatic carbocycles. The Balaban J connectivity index is 1.55. The lowest BCUT2D eigenvalue weighted by Gasteiger charge is -2.32. The molecule has 2 atom stereocenters. The molecule has 1 heterocycles. The zero-order chi connectivity index (χ0) is 30.0. The first kappa shape index (κ1) is 31.7. The predicted molar refractivity (Wildman–Crippen MR) is 164 cm³/mol. The van der Waals surface area contributed by atoms with E-state index in [9.17, 15) is 18.0 Å². The van der Waals surface area contributed by atoms with Gasteiger partial charge in [-0.1, -0.05) is 73.1 Å². The Morgan fingerprint density at radius 2 is 1.67 bits per heavy atom. The van der Waals surface area contributed by atoms with Gasteiger partial charge in [0.25, 0.3) is 0 Å². The highest BCUT2D eigenvalue weighted by atomic mass is 35.5. The number of nitrogens with zero attached hydrogens (tertiary/aromatic N) is 1. The van der Waals surface area contributed by atoms with Crippen LogP contribution in [-0.2, 0) is 43.7 Å². The molecule has 0 aromatic heterocycles. The van der Waals surface area contributed by atoms with Gasteiger partial charge in [-0.15, -0.1) is 0 Å². The molecule has 1 aliphatic rings. The number of benzene rings is 3. The number of sulfonamides is 1. The van der Waals surface area contributed by atoms with Crippen LogP contribution < -0.4 is 10.0 Å². The van der Waals surface area contributed by atoms with Crippen LogP contribution in [0, 0.1) is 0 Å². The summed E-state index contributed by atoms with van der Waals surface area (Å²) in [5.41, 5.74) is 2.63. The maximum Gasteiger partial charge on any atom is 0.243 e. The second kappa shape index (κ2) is 15.3. The first-order valence-electron chi connectivity index (χ1n) is 14.3. The molecule has 0 spiro atoms. The summed E-state index contributed by atoms with van der Waals surface area (Å²) in [6.07, 6.45) is 2.74. The van der Waals surface area contributed by atoms with Gasteiger partial charge in [0.2, 0.25) is 21.8 Å². The monoisotopic (exact) mass is 611 g/mol. The number of halogens is 1. The predicted octanol–water partition coefficient (Wildman–Crippen LogP) is 4.51. The molecule has 1 fully saturated rings. The molecule has 224 valence electrons. The van der Waals surface area contributed by atoms with Crippen LogP contribution in [0.1, 0.15) is 42.9 Å². The average molecular weight is 612 g/mol. The SMILES string of the molecule is CCNS(=O)(=O)c1ccc(CCC(=O)N(Cc2ccc(Cl)cc2)[C@@H](Cc2ccccc2)C(=O)NC[C@@H]2CCCO2)cc1. The van der Waals surface area contributed by atoms with E-state index < -0.39 is 16.1 Å². The Kier molecular flexibility index (Phi) is 11.5. The third-order valence-corrected chi connectivity index (χ3v) is 9.07. The van der Waals surface area contributed by atoms with Gasteiger partial charge < -0.3 is 15.0 Å². The molecule has 1 aliphatic heterocycles. The van der Waals surface area contributed by atoms with E-state index in [0.29, 0.717) is 37.6 Å². The molecular formula is C32H38ClN3O5S. The molecular weight excluding hydrogens is 574 g/mol. The topological polar surface area (TPSA) is 105 Å². The minimum Gasteiger partial charge on any atom is -0.376 e. The molecule has 2 N–H and O–H groups in total. The summed E-state index contributed by atoms with van der Waals surface area (Å²) in [4.78, 5) is 29.4. The normalized spacial score (nSPS) is 15.7. The van der Waals surface area contributed by atoms with Gasteiger partial charge in [-0.05, 0) is 60.2 Å². The van der Waals surface area contributed by atoms with E-state index >= 15 is 0 Å². The summed E-state index contributed by atoms with van der Waals surface area (Å²) in [5, 5.41) is 3.63. The Morgan fingerprint density at radius 3 is 2.31 bits per heavy atom. The zero-order valence-electron chi connectivity index (χ0n) is 23.8. The molecule has 0 unspecified atom stereocenters. The van der Waals surface area contributed by atoms with Crippen molar-refractivity contribution in [1.29, 1.82) is 0 Å². The lowest BCUT2D eigenvalue weighted by atomic mass is 10.0. The van der Waals surface area contributed by atoms with Gasteiger partial charge in [0.1, 0.15) is 6.04 Å². The molecule has 0 radical (unpaired) electrons. The number of amides is 2. The van der Waals surface area contributed by atoms with Gasteiger partial charge in [-0.25, -0.2) is 13.1 Å². The summed E-state index contributed by atoms with van der Waals surface area (Å²) < 4.78 is 32.8. The Morgan fingerprint density at radius 1 is 0.976 bits per heavy atom. The molecule has 1 saturated heterocycles. The number of rotatable bonds is 14. The second-order valence-corrected chi connectivity index (χ2v) is 12.6. The highest BCUT2D eigenvalue weighted by Gasteiger charge is 2.31. The van der Waals surface area contributed by atoms with Gasteiger partial charge in [0.05, 0.1) is 11.0 Å². The molecule has 2 amide bonds. The largest absolute Gasteiger partial charge is 0.376 e. The van der Waals surface area contributed by atoms with Crippen molar-refractivity contribution in [2.75, 3.05) is 19.7 Å². The van der Waals surface area contributed by atoms with Crippen LogP contribution in [0.2, 0.25) is 5.02 Å². The standard InChI is InChI=1S/C32H38ClN3O5S/c1-2-35-42(39,40)29-17-12-24(13-18-29)14-19-31(37)36(23-26-10-15-27(33)16-11-26)30(21-25-7-4-3-5-8-25)32(38)34-22-28-9-6-20-41-28/h3-5,7-8,10-13,15-18,28,30,35H,2,6,9,14,19-23H2,1H3,(H,34,38)/t28-,30-/m0/s1. The Hall–Kier alpha value is -3.24. The molecule has 0 saturated carbocycles. The minimum absolute atomic E-state index is 0.0222. The van der Waals surface area contributed by atoms with E-state index in [1.54, 1.807) is 48.2 Å². The van der Waals surface area contributed by atoms with Crippen molar-refractivity contribution in [2.45, 2.75) is 62.6 Å². The molecule has 10 heteroatoms. The number of carbonyl (C=O) groups excluding carboxylic acids is 2. The van der Waals surface area contributed by atoms with Crippen LogP contribution in [0.4, 0.5) is 0 Å². The molecule has 0 bridgehead atoms. The number of nitrogens with one attached hydrogen (secondary N) is 2. The van der Waals surface area contributed by atoms with E-state index in [4.69, 9.17) is 16.3 Å². The van der Waals surface area contributed by atoms with Gasteiger partial charge >= 0.3 is 0 Å². The van der Waals surface area contributed by atoms with Crippen LogP contribution in [0.15, 0.2) is 83.8 Å². The number of carbonyl (C=O) groups is 2. The number of hydrogen-bond donors (Lipinski definition) is 2. The third-order valence-electron chi connectivity index (χ3n) is 7.26. The van der Waals surface area contributed by atoms with Crippen molar-refractivity contribution in [2.24, 2.45) is 0 Å². The third kappa shape index (κ3) is 9.13. The van der Waals surface area contributed by atoms with Crippen molar-refractivity contribution < 1.29 is 22.7 Å². The summed E-state index contributed by atoms with van der Waals surface area (Å²) in [6.45, 7) is 3.35. The van der Waals surface area contributed by atoms with Crippen molar-refractivity contribution in [3.05, 3.63) is 101 Å². The van der Waals surface area contributed by atoms with Crippen LogP contribution >= 0.6 is 11.6 Å². The van der Waals surface area contributed by atoms with Gasteiger partial charge in [-0.3, -0.25) is 9.59 Å². The van der Waals surface area contributed by atoms with E-state index in [-0.39, 0.29) is 35.8 Å². The minimum atomic E-state index is -3.56. The maximum atomic E-state index is 13.9. The number of ether oxygens (including phenoxy) is 1. The van der Waals surface area contributed by atoms with E-state index in [1.165, 1.54) is 0 Å². The van der Waals surface area contributed by atoms with Crippen molar-refractivity contribution in [1.82, 2.24) is 14.9 Å². The van der Waals surface area contributed by atoms with Crippen molar-refractivity contribution in [3.8, 4) is 0 Å². The Labute approximate surface area is 253 Å². The van der Waals surface area contributed by atoms with Gasteiger partial charge in [0.15, 0.2) is 0 Å². The van der Waals surface area contributed by atoms with E-state index in [0.717, 1.165) is 29.5 Å². The Bertz CT molecular complexity index is 1410. The maximum absolute atomic E-state index is 13.9. The molecule has 42 heavy (non-hydrogen) atoms. The van der Waals surface area contributed by atoms with Gasteiger partial charge in [-0.2, -0.15) is 0 Å². The second-order valence-electron chi connectivity index (χ2n) is 10.4. The van der Waals surface area contributed by atoms with E-state index in [2.05, 4.69) is 10.0 Å².